The van der Waals surface area contributed by atoms with Crippen LogP contribution in [-0.4, -0.2) is 65.3 Å². The Morgan fingerprint density at radius 1 is 1.00 bits per heavy atom. The molecule has 0 heterocycles. The minimum Gasteiger partial charge on any atom is -0.481 e. The molecule has 2 atom stereocenters. The van der Waals surface area contributed by atoms with Crippen LogP contribution in [0.3, 0.4) is 0 Å². The van der Waals surface area contributed by atoms with E-state index in [9.17, 15) is 19.2 Å². The van der Waals surface area contributed by atoms with Crippen molar-refractivity contribution in [1.29, 1.82) is 0 Å². The number of carbonyl (C=O) groups excluding carboxylic acids is 2. The van der Waals surface area contributed by atoms with Crippen LogP contribution in [0.2, 0.25) is 0 Å². The van der Waals surface area contributed by atoms with E-state index in [2.05, 4.69) is 5.32 Å². The van der Waals surface area contributed by atoms with Crippen molar-refractivity contribution in [2.45, 2.75) is 39.0 Å². The maximum atomic E-state index is 12.1. The van der Waals surface area contributed by atoms with Gasteiger partial charge in [-0.3, -0.25) is 19.2 Å². The number of hydrogen-bond donors (Lipinski definition) is 4. The van der Waals surface area contributed by atoms with E-state index in [0.29, 0.717) is 26.1 Å². The Labute approximate surface area is 146 Å². The lowest BCUT2D eigenvalue weighted by molar-refractivity contribution is -0.144. The maximum absolute atomic E-state index is 12.1. The quantitative estimate of drug-likeness (QED) is 0.299. The molecule has 0 aromatic heterocycles. The van der Waals surface area contributed by atoms with Gasteiger partial charge in [-0.2, -0.15) is 0 Å². The number of carbonyl (C=O) groups is 4. The number of aliphatic carboxylic acids is 2. The summed E-state index contributed by atoms with van der Waals surface area (Å²) in [7, 11) is 0. The number of hydrogen-bond acceptors (Lipinski definition) is 6. The second-order valence-electron chi connectivity index (χ2n) is 5.82. The lowest BCUT2D eigenvalue weighted by atomic mass is 9.93. The average molecular weight is 361 g/mol. The lowest BCUT2D eigenvalue weighted by Gasteiger charge is -2.15. The molecule has 9 heteroatoms. The highest BCUT2D eigenvalue weighted by molar-refractivity contribution is 5.90. The molecule has 0 aliphatic carbocycles. The van der Waals surface area contributed by atoms with Gasteiger partial charge in [0.15, 0.2) is 0 Å². The van der Waals surface area contributed by atoms with Crippen molar-refractivity contribution in [3.05, 3.63) is 0 Å². The highest BCUT2D eigenvalue weighted by atomic mass is 16.5. The molecule has 0 saturated heterocycles. The second kappa shape index (κ2) is 13.3. The fourth-order valence-electron chi connectivity index (χ4n) is 2.05. The van der Waals surface area contributed by atoms with Crippen LogP contribution >= 0.6 is 0 Å². The molecule has 25 heavy (non-hydrogen) atoms. The molecule has 0 aromatic rings. The van der Waals surface area contributed by atoms with Gasteiger partial charge in [0, 0.05) is 39.2 Å². The second-order valence-corrected chi connectivity index (χ2v) is 5.82. The van der Waals surface area contributed by atoms with Crippen LogP contribution in [0.25, 0.3) is 0 Å². The molecule has 0 rings (SSSR count). The molecule has 0 saturated carbocycles. The molecule has 9 nitrogen and oxygen atoms in total. The largest absolute Gasteiger partial charge is 0.481 e. The van der Waals surface area contributed by atoms with Crippen molar-refractivity contribution >= 4 is 23.6 Å². The molecule has 0 aliphatic heterocycles. The molecule has 0 spiro atoms. The zero-order valence-electron chi connectivity index (χ0n) is 14.4. The summed E-state index contributed by atoms with van der Waals surface area (Å²) >= 11 is 0. The molecule has 4 N–H and O–H groups in total. The number of carboxylic acids is 2. The zero-order chi connectivity index (χ0) is 19.2. The van der Waals surface area contributed by atoms with E-state index in [-0.39, 0.29) is 26.0 Å². The van der Waals surface area contributed by atoms with Crippen LogP contribution < -0.4 is 5.32 Å². The van der Waals surface area contributed by atoms with E-state index >= 15 is 0 Å². The number of aliphatic hydroxyl groups excluding tert-OH is 1. The third-order valence-corrected chi connectivity index (χ3v) is 3.43. The van der Waals surface area contributed by atoms with Gasteiger partial charge in [0.25, 0.3) is 0 Å². The number of ketones is 1. The Bertz CT molecular complexity index is 451. The monoisotopic (exact) mass is 361 g/mol. The van der Waals surface area contributed by atoms with Gasteiger partial charge in [0.05, 0.1) is 18.3 Å². The number of carboxylic acid groups (broad SMARTS) is 2. The summed E-state index contributed by atoms with van der Waals surface area (Å²) in [5.74, 6) is -5.23. The first-order valence-corrected chi connectivity index (χ1v) is 8.20. The number of amides is 1. The van der Waals surface area contributed by atoms with Crippen LogP contribution in [0.1, 0.15) is 39.0 Å². The van der Waals surface area contributed by atoms with Gasteiger partial charge < -0.3 is 25.4 Å². The molecule has 0 aromatic carbocycles. The van der Waals surface area contributed by atoms with E-state index < -0.39 is 41.9 Å². The normalized spacial score (nSPS) is 13.0. The van der Waals surface area contributed by atoms with Crippen molar-refractivity contribution in [2.75, 3.05) is 26.4 Å². The summed E-state index contributed by atoms with van der Waals surface area (Å²) in [6, 6.07) is 0. The first-order chi connectivity index (χ1) is 11.8. The lowest BCUT2D eigenvalue weighted by Crippen LogP contribution is -2.34. The Kier molecular flexibility index (Phi) is 12.2. The zero-order valence-corrected chi connectivity index (χ0v) is 14.4. The van der Waals surface area contributed by atoms with Gasteiger partial charge in [-0.1, -0.05) is 6.92 Å². The van der Waals surface area contributed by atoms with Crippen LogP contribution in [0, 0.1) is 11.8 Å². The summed E-state index contributed by atoms with van der Waals surface area (Å²) in [5.41, 5.74) is 0. The topological polar surface area (TPSA) is 150 Å². The molecular weight excluding hydrogens is 334 g/mol. The van der Waals surface area contributed by atoms with Gasteiger partial charge >= 0.3 is 11.9 Å². The van der Waals surface area contributed by atoms with Crippen molar-refractivity contribution < 1.29 is 39.2 Å². The van der Waals surface area contributed by atoms with Gasteiger partial charge in [-0.05, 0) is 12.8 Å². The predicted octanol–water partition coefficient (Wildman–Crippen LogP) is 0.0526. The summed E-state index contributed by atoms with van der Waals surface area (Å²) < 4.78 is 5.20. The number of Topliss-reactive ketones (excluding diaryl/α,β-unsaturated/α-hetero) is 1. The van der Waals surface area contributed by atoms with Crippen LogP contribution in [-0.2, 0) is 23.9 Å². The minimum absolute atomic E-state index is 0.0438. The molecule has 2 unspecified atom stereocenters. The molecule has 144 valence electrons. The molecular formula is C16H27NO8. The standard InChI is InChI=1S/C16H27NO8/c1-11(16(23)24)8-13(19)9-12(10-14(20)21)15(22)17-4-2-6-25-7-3-5-18/h11-12,18H,2-10H2,1H3,(H,17,22)(H,20,21)(H,23,24). The Hall–Kier alpha value is -2.00. The Morgan fingerprint density at radius 2 is 1.64 bits per heavy atom. The van der Waals surface area contributed by atoms with Crippen molar-refractivity contribution in [3.8, 4) is 0 Å². The van der Waals surface area contributed by atoms with Crippen molar-refractivity contribution in [1.82, 2.24) is 5.32 Å². The molecule has 0 radical (unpaired) electrons. The Balaban J connectivity index is 4.31. The number of rotatable bonds is 15. The summed E-state index contributed by atoms with van der Waals surface area (Å²) in [6.07, 6.45) is 0.0110. The Morgan fingerprint density at radius 3 is 2.20 bits per heavy atom. The van der Waals surface area contributed by atoms with Gasteiger partial charge in [0.2, 0.25) is 5.91 Å². The van der Waals surface area contributed by atoms with E-state index in [0.717, 1.165) is 0 Å². The number of aliphatic hydroxyl groups is 1. The summed E-state index contributed by atoms with van der Waals surface area (Å²) in [6.45, 7) is 2.50. The third kappa shape index (κ3) is 12.1. The van der Waals surface area contributed by atoms with Gasteiger partial charge in [-0.15, -0.1) is 0 Å². The molecule has 0 aliphatic rings. The summed E-state index contributed by atoms with van der Waals surface area (Å²) in [5, 5.41) is 28.8. The maximum Gasteiger partial charge on any atom is 0.306 e. The SMILES string of the molecule is CC(CC(=O)CC(CC(=O)O)C(=O)NCCCOCCCO)C(=O)O. The van der Waals surface area contributed by atoms with E-state index in [1.807, 2.05) is 0 Å². The highest BCUT2D eigenvalue weighted by Gasteiger charge is 2.26. The fourth-order valence-corrected chi connectivity index (χ4v) is 2.05. The molecule has 0 bridgehead atoms. The average Bonchev–Trinajstić information content (AvgIpc) is 2.52. The number of ether oxygens (including phenoxy) is 1. The van der Waals surface area contributed by atoms with Gasteiger partial charge in [0.1, 0.15) is 5.78 Å². The van der Waals surface area contributed by atoms with Crippen molar-refractivity contribution in [3.63, 3.8) is 0 Å². The van der Waals surface area contributed by atoms with Crippen LogP contribution in [0.15, 0.2) is 0 Å². The van der Waals surface area contributed by atoms with E-state index in [1.165, 1.54) is 6.92 Å². The van der Waals surface area contributed by atoms with E-state index in [4.69, 9.17) is 20.1 Å². The van der Waals surface area contributed by atoms with Gasteiger partial charge in [-0.25, -0.2) is 0 Å². The molecule has 0 fully saturated rings. The van der Waals surface area contributed by atoms with Crippen molar-refractivity contribution in [2.24, 2.45) is 11.8 Å². The van der Waals surface area contributed by atoms with Crippen LogP contribution in [0.4, 0.5) is 0 Å². The smallest absolute Gasteiger partial charge is 0.306 e. The number of nitrogens with one attached hydrogen (secondary N) is 1. The predicted molar refractivity (Wildman–Crippen MR) is 86.9 cm³/mol. The fraction of sp³-hybridized carbons (Fsp3) is 0.750. The highest BCUT2D eigenvalue weighted by Crippen LogP contribution is 2.14. The minimum atomic E-state index is -1.20. The van der Waals surface area contributed by atoms with E-state index in [1.54, 1.807) is 0 Å². The third-order valence-electron chi connectivity index (χ3n) is 3.43. The first-order valence-electron chi connectivity index (χ1n) is 8.20. The summed E-state index contributed by atoms with van der Waals surface area (Å²) in [4.78, 5) is 45.5. The molecule has 1 amide bonds. The van der Waals surface area contributed by atoms with Crippen LogP contribution in [0.5, 0.6) is 0 Å². The first kappa shape index (κ1) is 23.0.